The van der Waals surface area contributed by atoms with Crippen molar-refractivity contribution in [3.63, 3.8) is 0 Å². The lowest BCUT2D eigenvalue weighted by atomic mass is 10.4. The third-order valence-electron chi connectivity index (χ3n) is 1.14. The van der Waals surface area contributed by atoms with Crippen molar-refractivity contribution in [2.45, 2.75) is 6.92 Å². The summed E-state index contributed by atoms with van der Waals surface area (Å²) in [7, 11) is 0. The van der Waals surface area contributed by atoms with Crippen molar-refractivity contribution >= 4 is 38.2 Å². The summed E-state index contributed by atoms with van der Waals surface area (Å²) in [5.41, 5.74) is 0.0775. The predicted molar refractivity (Wildman–Crippen MR) is 50.9 cm³/mol. The van der Waals surface area contributed by atoms with E-state index in [0.29, 0.717) is 15.5 Å². The van der Waals surface area contributed by atoms with Gasteiger partial charge < -0.3 is 10.4 Å². The van der Waals surface area contributed by atoms with E-state index in [4.69, 9.17) is 5.11 Å². The second-order valence-electron chi connectivity index (χ2n) is 1.98. The number of anilines is 1. The summed E-state index contributed by atoms with van der Waals surface area (Å²) in [6.07, 6.45) is 0. The Kier molecular flexibility index (Phi) is 3.05. The van der Waals surface area contributed by atoms with Gasteiger partial charge in [0.2, 0.25) is 0 Å². The predicted octanol–water partition coefficient (Wildman–Crippen LogP) is 2.04. The lowest BCUT2D eigenvalue weighted by molar-refractivity contribution is 0.0692. The van der Waals surface area contributed by atoms with Gasteiger partial charge in [-0.3, -0.25) is 0 Å². The molecule has 0 bridgehead atoms. The van der Waals surface area contributed by atoms with E-state index in [1.54, 1.807) is 0 Å². The molecule has 0 spiro atoms. The molecule has 0 saturated carbocycles. The maximum atomic E-state index is 10.6. The Morgan fingerprint density at radius 3 is 3.00 bits per heavy atom. The van der Waals surface area contributed by atoms with Crippen LogP contribution in [0.2, 0.25) is 0 Å². The summed E-state index contributed by atoms with van der Waals surface area (Å²) in [6, 6.07) is 0. The van der Waals surface area contributed by atoms with Crippen LogP contribution >= 0.6 is 27.3 Å². The van der Waals surface area contributed by atoms with Crippen molar-refractivity contribution < 1.29 is 9.90 Å². The van der Waals surface area contributed by atoms with Gasteiger partial charge in [0.25, 0.3) is 0 Å². The molecule has 1 aromatic rings. The van der Waals surface area contributed by atoms with E-state index in [0.717, 1.165) is 0 Å². The van der Waals surface area contributed by atoms with Crippen LogP contribution in [0.1, 0.15) is 17.4 Å². The fourth-order valence-electron chi connectivity index (χ4n) is 0.719. The first-order valence-corrected chi connectivity index (χ1v) is 4.89. The molecule has 1 heterocycles. The van der Waals surface area contributed by atoms with Crippen LogP contribution in [0, 0.1) is 0 Å². The standard InChI is InChI=1S/C6H7BrN2O2S/c1-2-8-4-3(5(10)11)9-6(7)12-4/h8H,2H2,1H3,(H,10,11). The normalized spacial score (nSPS) is 9.83. The first-order chi connectivity index (χ1) is 5.65. The van der Waals surface area contributed by atoms with Crippen LogP contribution in [-0.4, -0.2) is 22.6 Å². The molecule has 0 aliphatic heterocycles. The molecule has 66 valence electrons. The van der Waals surface area contributed by atoms with E-state index in [1.807, 2.05) is 6.92 Å². The van der Waals surface area contributed by atoms with E-state index >= 15 is 0 Å². The quantitative estimate of drug-likeness (QED) is 0.862. The van der Waals surface area contributed by atoms with Gasteiger partial charge in [-0.25, -0.2) is 9.78 Å². The number of thiazole rings is 1. The number of nitrogens with zero attached hydrogens (tertiary/aromatic N) is 1. The van der Waals surface area contributed by atoms with Crippen LogP contribution in [0.15, 0.2) is 3.92 Å². The molecule has 12 heavy (non-hydrogen) atoms. The highest BCUT2D eigenvalue weighted by Gasteiger charge is 2.15. The SMILES string of the molecule is CCNc1sc(Br)nc1C(=O)O. The lowest BCUT2D eigenvalue weighted by Gasteiger charge is -1.97. The molecule has 2 N–H and O–H groups in total. The van der Waals surface area contributed by atoms with Gasteiger partial charge in [-0.05, 0) is 22.9 Å². The zero-order valence-corrected chi connectivity index (χ0v) is 8.70. The summed E-state index contributed by atoms with van der Waals surface area (Å²) in [5, 5.41) is 12.2. The van der Waals surface area contributed by atoms with Crippen LogP contribution < -0.4 is 5.32 Å². The minimum Gasteiger partial charge on any atom is -0.476 e. The summed E-state index contributed by atoms with van der Waals surface area (Å²) < 4.78 is 0.579. The molecular formula is C6H7BrN2O2S. The number of carboxylic acids is 1. The summed E-state index contributed by atoms with van der Waals surface area (Å²) >= 11 is 4.41. The lowest BCUT2D eigenvalue weighted by Crippen LogP contribution is -2.03. The molecule has 6 heteroatoms. The molecule has 0 radical (unpaired) electrons. The highest BCUT2D eigenvalue weighted by molar-refractivity contribution is 9.11. The Morgan fingerprint density at radius 1 is 1.83 bits per heavy atom. The number of rotatable bonds is 3. The van der Waals surface area contributed by atoms with Gasteiger partial charge in [-0.15, -0.1) is 0 Å². The Balaban J connectivity index is 2.99. The van der Waals surface area contributed by atoms with E-state index < -0.39 is 5.97 Å². The fraction of sp³-hybridized carbons (Fsp3) is 0.333. The average Bonchev–Trinajstić information content (AvgIpc) is 2.32. The van der Waals surface area contributed by atoms with Gasteiger partial charge in [-0.1, -0.05) is 11.3 Å². The van der Waals surface area contributed by atoms with Crippen LogP contribution in [0.25, 0.3) is 0 Å². The van der Waals surface area contributed by atoms with Gasteiger partial charge >= 0.3 is 5.97 Å². The number of carboxylic acid groups (broad SMARTS) is 1. The third kappa shape index (κ3) is 1.95. The van der Waals surface area contributed by atoms with E-state index in [1.165, 1.54) is 11.3 Å². The number of hydrogen-bond acceptors (Lipinski definition) is 4. The highest BCUT2D eigenvalue weighted by Crippen LogP contribution is 2.28. The molecule has 1 rings (SSSR count). The van der Waals surface area contributed by atoms with Gasteiger partial charge in [0.1, 0.15) is 5.00 Å². The van der Waals surface area contributed by atoms with Crippen molar-refractivity contribution in [2.75, 3.05) is 11.9 Å². The van der Waals surface area contributed by atoms with Crippen molar-refractivity contribution in [3.05, 3.63) is 9.61 Å². The molecule has 0 saturated heterocycles. The van der Waals surface area contributed by atoms with E-state index in [-0.39, 0.29) is 5.69 Å². The maximum absolute atomic E-state index is 10.6. The zero-order chi connectivity index (χ0) is 9.14. The molecule has 0 aromatic carbocycles. The molecule has 0 amide bonds. The third-order valence-corrected chi connectivity index (χ3v) is 2.61. The maximum Gasteiger partial charge on any atom is 0.357 e. The topological polar surface area (TPSA) is 62.2 Å². The smallest absolute Gasteiger partial charge is 0.357 e. The Labute approximate surface area is 81.8 Å². The molecule has 0 aliphatic carbocycles. The molecule has 1 aromatic heterocycles. The van der Waals surface area contributed by atoms with Gasteiger partial charge in [-0.2, -0.15) is 0 Å². The molecule has 0 fully saturated rings. The zero-order valence-electron chi connectivity index (χ0n) is 6.30. The minimum absolute atomic E-state index is 0.0775. The minimum atomic E-state index is -1.01. The fourth-order valence-corrected chi connectivity index (χ4v) is 2.13. The van der Waals surface area contributed by atoms with E-state index in [9.17, 15) is 4.79 Å². The Hall–Kier alpha value is -0.620. The number of aromatic carboxylic acids is 1. The number of aromatic nitrogens is 1. The second-order valence-corrected chi connectivity index (χ2v) is 4.26. The summed E-state index contributed by atoms with van der Waals surface area (Å²) in [4.78, 5) is 14.4. The second kappa shape index (κ2) is 3.86. The number of nitrogens with one attached hydrogen (secondary N) is 1. The summed E-state index contributed by atoms with van der Waals surface area (Å²) in [6.45, 7) is 2.59. The molecule has 0 unspecified atom stereocenters. The largest absolute Gasteiger partial charge is 0.476 e. The van der Waals surface area contributed by atoms with Crippen LogP contribution in [0.5, 0.6) is 0 Å². The van der Waals surface area contributed by atoms with Crippen LogP contribution in [-0.2, 0) is 0 Å². The van der Waals surface area contributed by atoms with Crippen LogP contribution in [0.3, 0.4) is 0 Å². The van der Waals surface area contributed by atoms with Crippen molar-refractivity contribution in [3.8, 4) is 0 Å². The van der Waals surface area contributed by atoms with Gasteiger partial charge in [0, 0.05) is 6.54 Å². The number of hydrogen-bond donors (Lipinski definition) is 2. The van der Waals surface area contributed by atoms with E-state index in [2.05, 4.69) is 26.2 Å². The monoisotopic (exact) mass is 250 g/mol. The molecule has 0 aliphatic rings. The van der Waals surface area contributed by atoms with Crippen molar-refractivity contribution in [1.82, 2.24) is 4.98 Å². The molecule has 4 nitrogen and oxygen atoms in total. The van der Waals surface area contributed by atoms with Crippen LogP contribution in [0.4, 0.5) is 5.00 Å². The highest BCUT2D eigenvalue weighted by atomic mass is 79.9. The van der Waals surface area contributed by atoms with Gasteiger partial charge in [0.15, 0.2) is 9.61 Å². The van der Waals surface area contributed by atoms with Gasteiger partial charge in [0.05, 0.1) is 0 Å². The Morgan fingerprint density at radius 2 is 2.50 bits per heavy atom. The van der Waals surface area contributed by atoms with Crippen molar-refractivity contribution in [2.24, 2.45) is 0 Å². The van der Waals surface area contributed by atoms with Crippen molar-refractivity contribution in [1.29, 1.82) is 0 Å². The number of halogens is 1. The summed E-state index contributed by atoms with van der Waals surface area (Å²) in [5.74, 6) is -1.01. The average molecular weight is 251 g/mol. The Bertz CT molecular complexity index is 300. The molecular weight excluding hydrogens is 244 g/mol. The molecule has 0 atom stereocenters. The first-order valence-electron chi connectivity index (χ1n) is 3.28. The number of carbonyl (C=O) groups is 1. The first kappa shape index (κ1) is 9.47.